The minimum atomic E-state index is -4.67. The zero-order valence-electron chi connectivity index (χ0n) is 19.0. The molecule has 5 nitrogen and oxygen atoms in total. The fourth-order valence-corrected chi connectivity index (χ4v) is 3.66. The molecule has 2 heterocycles. The number of rotatable bonds is 6. The van der Waals surface area contributed by atoms with E-state index in [9.17, 15) is 26.3 Å². The van der Waals surface area contributed by atoms with Crippen molar-refractivity contribution < 1.29 is 35.8 Å². The largest absolute Gasteiger partial charge is 0.495 e. The number of methoxy groups -OCH3 is 2. The number of anilines is 2. The van der Waals surface area contributed by atoms with Crippen LogP contribution >= 0.6 is 0 Å². The van der Waals surface area contributed by atoms with Gasteiger partial charge in [-0.25, -0.2) is 0 Å². The lowest BCUT2D eigenvalue weighted by atomic mass is 10.0. The molecule has 1 N–H and O–H groups in total. The normalized spacial score (nSPS) is 12.1. The van der Waals surface area contributed by atoms with Crippen LogP contribution in [-0.4, -0.2) is 24.2 Å². The van der Waals surface area contributed by atoms with Crippen LogP contribution in [0.15, 0.2) is 60.8 Å². The van der Waals surface area contributed by atoms with Crippen molar-refractivity contribution in [2.24, 2.45) is 0 Å². The third-order valence-electron chi connectivity index (χ3n) is 5.32. The van der Waals surface area contributed by atoms with Gasteiger partial charge >= 0.3 is 12.4 Å². The molecule has 0 fully saturated rings. The Morgan fingerprint density at radius 2 is 1.58 bits per heavy atom. The monoisotopic (exact) mass is 507 g/mol. The predicted octanol–water partition coefficient (Wildman–Crippen LogP) is 7.23. The molecule has 4 rings (SSSR count). The van der Waals surface area contributed by atoms with Gasteiger partial charge in [0.1, 0.15) is 5.75 Å². The zero-order valence-corrected chi connectivity index (χ0v) is 19.0. The molecule has 0 bridgehead atoms. The number of pyridine rings is 2. The molecular formula is C25H19F6N3O2. The fourth-order valence-electron chi connectivity index (χ4n) is 3.66. The third-order valence-corrected chi connectivity index (χ3v) is 5.32. The molecule has 0 radical (unpaired) electrons. The summed E-state index contributed by atoms with van der Waals surface area (Å²) in [5.41, 5.74) is -0.155. The Bertz CT molecular complexity index is 1390. The van der Waals surface area contributed by atoms with Crippen LogP contribution in [0, 0.1) is 0 Å². The van der Waals surface area contributed by atoms with Crippen molar-refractivity contribution in [3.63, 3.8) is 0 Å². The number of ether oxygens (including phenoxy) is 2. The van der Waals surface area contributed by atoms with Crippen LogP contribution in [0.1, 0.15) is 16.8 Å². The van der Waals surface area contributed by atoms with Gasteiger partial charge in [0.15, 0.2) is 0 Å². The molecule has 2 aromatic carbocycles. The summed E-state index contributed by atoms with van der Waals surface area (Å²) in [5, 5.41) is 3.60. The fraction of sp³-hybridized carbons (Fsp3) is 0.200. The van der Waals surface area contributed by atoms with Crippen LogP contribution in [0.25, 0.3) is 22.2 Å². The van der Waals surface area contributed by atoms with Crippen LogP contribution < -0.4 is 10.1 Å². The topological polar surface area (TPSA) is 56.3 Å². The van der Waals surface area contributed by atoms with E-state index in [1.165, 1.54) is 44.7 Å². The standard InChI is InChI=1S/C25H19F6N3O2/c1-35-13-17-10-22(33-16-6-4-15(5-7-16)24(26,27)28)19-8-3-14(9-21(19)34-17)23-20(25(29,30)31)11-18(36-2)12-32-23/h3-12H,13H2,1-2H3,(H,33,34). The molecule has 0 aliphatic carbocycles. The molecule has 0 spiro atoms. The summed E-state index contributed by atoms with van der Waals surface area (Å²) in [6.45, 7) is 0.108. The zero-order chi connectivity index (χ0) is 26.1. The molecular weight excluding hydrogens is 488 g/mol. The molecule has 11 heteroatoms. The van der Waals surface area contributed by atoms with Gasteiger partial charge < -0.3 is 14.8 Å². The first-order chi connectivity index (χ1) is 17.0. The Morgan fingerprint density at radius 1 is 0.861 bits per heavy atom. The number of alkyl halides is 6. The summed E-state index contributed by atoms with van der Waals surface area (Å²) in [6, 6.07) is 11.5. The number of benzene rings is 2. The quantitative estimate of drug-likeness (QED) is 0.279. The van der Waals surface area contributed by atoms with Crippen molar-refractivity contribution in [1.82, 2.24) is 9.97 Å². The van der Waals surface area contributed by atoms with Gasteiger partial charge in [0.2, 0.25) is 0 Å². The number of nitrogens with zero attached hydrogens (tertiary/aromatic N) is 2. The summed E-state index contributed by atoms with van der Waals surface area (Å²) in [7, 11) is 2.71. The van der Waals surface area contributed by atoms with Crippen LogP contribution in [0.5, 0.6) is 5.75 Å². The van der Waals surface area contributed by atoms with E-state index in [4.69, 9.17) is 9.47 Å². The predicted molar refractivity (Wildman–Crippen MR) is 122 cm³/mol. The van der Waals surface area contributed by atoms with Crippen molar-refractivity contribution >= 4 is 22.3 Å². The highest BCUT2D eigenvalue weighted by atomic mass is 19.4. The summed E-state index contributed by atoms with van der Waals surface area (Å²) in [4.78, 5) is 8.44. The van der Waals surface area contributed by atoms with Gasteiger partial charge in [0.05, 0.1) is 47.9 Å². The molecule has 4 aromatic rings. The van der Waals surface area contributed by atoms with Gasteiger partial charge in [-0.15, -0.1) is 0 Å². The van der Waals surface area contributed by atoms with Crippen molar-refractivity contribution in [1.29, 1.82) is 0 Å². The van der Waals surface area contributed by atoms with Crippen molar-refractivity contribution in [3.05, 3.63) is 77.6 Å². The first-order valence-electron chi connectivity index (χ1n) is 10.5. The van der Waals surface area contributed by atoms with Gasteiger partial charge in [-0.2, -0.15) is 26.3 Å². The minimum absolute atomic E-state index is 0.0320. The Hall–Kier alpha value is -3.86. The van der Waals surface area contributed by atoms with E-state index in [1.54, 1.807) is 12.1 Å². The molecule has 0 saturated heterocycles. The van der Waals surface area contributed by atoms with E-state index in [0.717, 1.165) is 18.2 Å². The maximum atomic E-state index is 13.7. The highest BCUT2D eigenvalue weighted by Gasteiger charge is 2.35. The maximum Gasteiger partial charge on any atom is 0.418 e. The van der Waals surface area contributed by atoms with Crippen molar-refractivity contribution in [3.8, 4) is 17.0 Å². The molecule has 0 atom stereocenters. The second kappa shape index (κ2) is 9.65. The van der Waals surface area contributed by atoms with Crippen molar-refractivity contribution in [2.75, 3.05) is 19.5 Å². The average molecular weight is 507 g/mol. The lowest BCUT2D eigenvalue weighted by Crippen LogP contribution is -2.09. The minimum Gasteiger partial charge on any atom is -0.495 e. The summed E-state index contributed by atoms with van der Waals surface area (Å²) in [6.07, 6.45) is -7.94. The summed E-state index contributed by atoms with van der Waals surface area (Å²) >= 11 is 0. The molecule has 2 aromatic heterocycles. The number of hydrogen-bond donors (Lipinski definition) is 1. The number of fused-ring (bicyclic) bond motifs is 1. The van der Waals surface area contributed by atoms with E-state index in [2.05, 4.69) is 15.3 Å². The third kappa shape index (κ3) is 5.35. The second-order valence-electron chi connectivity index (χ2n) is 7.80. The van der Waals surface area contributed by atoms with Crippen LogP contribution in [0.4, 0.5) is 37.7 Å². The second-order valence-corrected chi connectivity index (χ2v) is 7.80. The average Bonchev–Trinajstić information content (AvgIpc) is 2.83. The number of nitrogens with one attached hydrogen (secondary N) is 1. The summed E-state index contributed by atoms with van der Waals surface area (Å²) < 4.78 is 89.9. The van der Waals surface area contributed by atoms with Gasteiger partial charge in [-0.05, 0) is 42.5 Å². The van der Waals surface area contributed by atoms with Crippen LogP contribution in [0.2, 0.25) is 0 Å². The first-order valence-corrected chi connectivity index (χ1v) is 10.5. The van der Waals surface area contributed by atoms with E-state index >= 15 is 0 Å². The maximum absolute atomic E-state index is 13.7. The highest BCUT2D eigenvalue weighted by molar-refractivity contribution is 5.95. The van der Waals surface area contributed by atoms with Crippen LogP contribution in [0.3, 0.4) is 0 Å². The lowest BCUT2D eigenvalue weighted by Gasteiger charge is -2.16. The smallest absolute Gasteiger partial charge is 0.418 e. The van der Waals surface area contributed by atoms with Gasteiger partial charge in [-0.1, -0.05) is 12.1 Å². The Morgan fingerprint density at radius 3 is 2.19 bits per heavy atom. The Balaban J connectivity index is 1.80. The van der Waals surface area contributed by atoms with Gasteiger partial charge in [0, 0.05) is 29.4 Å². The number of aromatic nitrogens is 2. The van der Waals surface area contributed by atoms with Gasteiger partial charge in [0.25, 0.3) is 0 Å². The molecule has 188 valence electrons. The molecule has 36 heavy (non-hydrogen) atoms. The number of halogens is 6. The first kappa shape index (κ1) is 25.2. The van der Waals surface area contributed by atoms with E-state index in [-0.39, 0.29) is 23.6 Å². The molecule has 0 aliphatic rings. The van der Waals surface area contributed by atoms with Crippen LogP contribution in [-0.2, 0) is 23.7 Å². The highest BCUT2D eigenvalue weighted by Crippen LogP contribution is 2.39. The van der Waals surface area contributed by atoms with Crippen molar-refractivity contribution in [2.45, 2.75) is 19.0 Å². The Labute approximate surface area is 201 Å². The molecule has 0 unspecified atom stereocenters. The SMILES string of the molecule is COCc1cc(Nc2ccc(C(F)(F)F)cc2)c2ccc(-c3ncc(OC)cc3C(F)(F)F)cc2n1. The lowest BCUT2D eigenvalue weighted by molar-refractivity contribution is -0.138. The molecule has 0 saturated carbocycles. The van der Waals surface area contributed by atoms with E-state index in [1.807, 2.05) is 0 Å². The van der Waals surface area contributed by atoms with Gasteiger partial charge in [-0.3, -0.25) is 9.97 Å². The number of hydrogen-bond acceptors (Lipinski definition) is 5. The van der Waals surface area contributed by atoms with E-state index in [0.29, 0.717) is 28.0 Å². The Kier molecular flexibility index (Phi) is 6.77. The summed E-state index contributed by atoms with van der Waals surface area (Å²) in [5.74, 6) is -0.0320. The molecule has 0 amide bonds. The van der Waals surface area contributed by atoms with E-state index < -0.39 is 23.5 Å². The molecule has 0 aliphatic heterocycles.